The predicted octanol–water partition coefficient (Wildman–Crippen LogP) is 6.07. The van der Waals surface area contributed by atoms with Gasteiger partial charge in [0.2, 0.25) is 0 Å². The van der Waals surface area contributed by atoms with E-state index in [2.05, 4.69) is 28.4 Å². The second-order valence-corrected chi connectivity index (χ2v) is 8.47. The molecule has 1 N–H and O–H groups in total. The number of nitrogens with zero attached hydrogens (tertiary/aromatic N) is 1. The number of anilines is 2. The lowest BCUT2D eigenvalue weighted by molar-refractivity contribution is -0.116. The average Bonchev–Trinajstić information content (AvgIpc) is 3.20. The van der Waals surface area contributed by atoms with Crippen molar-refractivity contribution in [1.29, 1.82) is 0 Å². The standard InChI is InChI=1S/C24H21FN2OS/c25-17-7-3-6-16(14-17)15-27-20-10-2-1-8-18(20)26-19-9-4-11-21(28)23(19)24(27)22-12-5-13-29-22/h1-3,5-8,10,12-14,24,26H,4,9,11,15H2/t24-/m0/s1. The molecule has 0 amide bonds. The quantitative estimate of drug-likeness (QED) is 0.575. The first-order chi connectivity index (χ1) is 14.2. The first-order valence-electron chi connectivity index (χ1n) is 9.87. The number of carbonyl (C=O) groups excluding carboxylic acids is 1. The van der Waals surface area contributed by atoms with Crippen LogP contribution >= 0.6 is 11.3 Å². The molecular weight excluding hydrogens is 383 g/mol. The lowest BCUT2D eigenvalue weighted by Crippen LogP contribution is -2.32. The van der Waals surface area contributed by atoms with Gasteiger partial charge in [-0.15, -0.1) is 11.3 Å². The molecule has 0 radical (unpaired) electrons. The highest BCUT2D eigenvalue weighted by atomic mass is 32.1. The number of halogens is 1. The van der Waals surface area contributed by atoms with Crippen LogP contribution in [-0.2, 0) is 11.3 Å². The van der Waals surface area contributed by atoms with Crippen LogP contribution in [0.5, 0.6) is 0 Å². The van der Waals surface area contributed by atoms with Crippen LogP contribution in [0.3, 0.4) is 0 Å². The zero-order valence-electron chi connectivity index (χ0n) is 15.9. The molecule has 0 bridgehead atoms. The molecule has 0 spiro atoms. The number of carbonyl (C=O) groups is 1. The van der Waals surface area contributed by atoms with E-state index in [0.717, 1.165) is 45.9 Å². The summed E-state index contributed by atoms with van der Waals surface area (Å²) in [6.45, 7) is 0.517. The van der Waals surface area contributed by atoms with Crippen molar-refractivity contribution in [2.75, 3.05) is 10.2 Å². The number of ketones is 1. The third-order valence-corrected chi connectivity index (χ3v) is 6.52. The molecule has 2 aromatic carbocycles. The van der Waals surface area contributed by atoms with E-state index in [0.29, 0.717) is 13.0 Å². The Hall–Kier alpha value is -2.92. The SMILES string of the molecule is O=C1CCCC2=C1[C@H](c1cccs1)N(Cc1cccc(F)c1)c1ccccc1N2. The second kappa shape index (κ2) is 7.48. The van der Waals surface area contributed by atoms with E-state index >= 15 is 0 Å². The van der Waals surface area contributed by atoms with E-state index < -0.39 is 0 Å². The molecule has 0 saturated carbocycles. The minimum atomic E-state index is -0.245. The van der Waals surface area contributed by atoms with Crippen LogP contribution in [0.2, 0.25) is 0 Å². The Kier molecular flexibility index (Phi) is 4.68. The van der Waals surface area contributed by atoms with Crippen LogP contribution in [0.25, 0.3) is 0 Å². The van der Waals surface area contributed by atoms with Gasteiger partial charge in [-0.05, 0) is 54.1 Å². The topological polar surface area (TPSA) is 32.3 Å². The number of para-hydroxylation sites is 2. The van der Waals surface area contributed by atoms with Gasteiger partial charge in [-0.2, -0.15) is 0 Å². The molecule has 1 aliphatic heterocycles. The highest BCUT2D eigenvalue weighted by molar-refractivity contribution is 7.10. The number of nitrogens with one attached hydrogen (secondary N) is 1. The highest BCUT2D eigenvalue weighted by Crippen LogP contribution is 2.46. The summed E-state index contributed by atoms with van der Waals surface area (Å²) in [4.78, 5) is 16.5. The fraction of sp³-hybridized carbons (Fsp3) is 0.208. The molecule has 146 valence electrons. The van der Waals surface area contributed by atoms with Crippen molar-refractivity contribution < 1.29 is 9.18 Å². The van der Waals surface area contributed by atoms with Gasteiger partial charge < -0.3 is 10.2 Å². The molecule has 0 saturated heterocycles. The Morgan fingerprint density at radius 1 is 1.07 bits per heavy atom. The van der Waals surface area contributed by atoms with Crippen LogP contribution in [0.4, 0.5) is 15.8 Å². The molecule has 0 fully saturated rings. The zero-order valence-corrected chi connectivity index (χ0v) is 16.7. The number of fused-ring (bicyclic) bond motifs is 1. The summed E-state index contributed by atoms with van der Waals surface area (Å²) in [7, 11) is 0. The van der Waals surface area contributed by atoms with Crippen molar-refractivity contribution in [2.24, 2.45) is 0 Å². The van der Waals surface area contributed by atoms with Crippen molar-refractivity contribution in [3.8, 4) is 0 Å². The Labute approximate surface area is 173 Å². The van der Waals surface area contributed by atoms with E-state index in [9.17, 15) is 9.18 Å². The minimum Gasteiger partial charge on any atom is -0.357 e. The van der Waals surface area contributed by atoms with Gasteiger partial charge in [-0.3, -0.25) is 4.79 Å². The molecule has 5 rings (SSSR count). The van der Waals surface area contributed by atoms with Crippen molar-refractivity contribution in [1.82, 2.24) is 0 Å². The van der Waals surface area contributed by atoms with Gasteiger partial charge in [0.15, 0.2) is 5.78 Å². The van der Waals surface area contributed by atoms with Gasteiger partial charge in [-0.25, -0.2) is 4.39 Å². The molecule has 1 aromatic heterocycles. The van der Waals surface area contributed by atoms with Crippen LogP contribution < -0.4 is 10.2 Å². The van der Waals surface area contributed by atoms with Gasteiger partial charge >= 0.3 is 0 Å². The maximum atomic E-state index is 13.9. The Morgan fingerprint density at radius 3 is 2.79 bits per heavy atom. The first-order valence-corrected chi connectivity index (χ1v) is 10.8. The largest absolute Gasteiger partial charge is 0.357 e. The van der Waals surface area contributed by atoms with E-state index in [4.69, 9.17) is 0 Å². The molecular formula is C24H21FN2OS. The van der Waals surface area contributed by atoms with Gasteiger partial charge in [0, 0.05) is 29.1 Å². The summed E-state index contributed by atoms with van der Waals surface area (Å²) in [5.74, 6) is -0.0424. The zero-order chi connectivity index (χ0) is 19.8. The third kappa shape index (κ3) is 3.36. The predicted molar refractivity (Wildman–Crippen MR) is 116 cm³/mol. The van der Waals surface area contributed by atoms with E-state index in [1.807, 2.05) is 29.6 Å². The number of Topliss-reactive ketones (excluding diaryl/α,β-unsaturated/α-hetero) is 1. The van der Waals surface area contributed by atoms with Gasteiger partial charge in [0.25, 0.3) is 0 Å². The molecule has 5 heteroatoms. The van der Waals surface area contributed by atoms with E-state index in [1.165, 1.54) is 6.07 Å². The van der Waals surface area contributed by atoms with Gasteiger partial charge in [-0.1, -0.05) is 30.3 Å². The van der Waals surface area contributed by atoms with Crippen molar-refractivity contribution in [2.45, 2.75) is 31.8 Å². The van der Waals surface area contributed by atoms with E-state index in [-0.39, 0.29) is 17.6 Å². The number of thiophene rings is 1. The molecule has 2 heterocycles. The summed E-state index contributed by atoms with van der Waals surface area (Å²) in [6, 6.07) is 18.8. The van der Waals surface area contributed by atoms with Gasteiger partial charge in [0.05, 0.1) is 17.4 Å². The van der Waals surface area contributed by atoms with Crippen LogP contribution in [-0.4, -0.2) is 5.78 Å². The summed E-state index contributed by atoms with van der Waals surface area (Å²) >= 11 is 1.66. The fourth-order valence-electron chi connectivity index (χ4n) is 4.35. The smallest absolute Gasteiger partial charge is 0.163 e. The number of hydrogen-bond acceptors (Lipinski definition) is 4. The van der Waals surface area contributed by atoms with E-state index in [1.54, 1.807) is 23.5 Å². The molecule has 29 heavy (non-hydrogen) atoms. The fourth-order valence-corrected chi connectivity index (χ4v) is 5.19. The summed E-state index contributed by atoms with van der Waals surface area (Å²) < 4.78 is 13.9. The lowest BCUT2D eigenvalue weighted by Gasteiger charge is -2.34. The van der Waals surface area contributed by atoms with Crippen molar-refractivity contribution >= 4 is 28.5 Å². The Morgan fingerprint density at radius 2 is 1.97 bits per heavy atom. The molecule has 1 aliphatic carbocycles. The number of hydrogen-bond donors (Lipinski definition) is 1. The molecule has 0 unspecified atom stereocenters. The first kappa shape index (κ1) is 18.1. The van der Waals surface area contributed by atoms with Gasteiger partial charge in [0.1, 0.15) is 5.82 Å². The second-order valence-electron chi connectivity index (χ2n) is 7.49. The third-order valence-electron chi connectivity index (χ3n) is 5.59. The average molecular weight is 405 g/mol. The molecule has 1 atom stereocenters. The monoisotopic (exact) mass is 404 g/mol. The lowest BCUT2D eigenvalue weighted by atomic mass is 9.88. The number of rotatable bonds is 3. The summed E-state index contributed by atoms with van der Waals surface area (Å²) in [6.07, 6.45) is 2.31. The van der Waals surface area contributed by atoms with Crippen molar-refractivity contribution in [3.05, 3.63) is 93.6 Å². The summed E-state index contributed by atoms with van der Waals surface area (Å²) in [5.41, 5.74) is 4.77. The summed E-state index contributed by atoms with van der Waals surface area (Å²) in [5, 5.41) is 5.61. The highest BCUT2D eigenvalue weighted by Gasteiger charge is 2.37. The molecule has 3 aromatic rings. The Balaban J connectivity index is 1.71. The Bertz CT molecular complexity index is 1090. The van der Waals surface area contributed by atoms with Crippen molar-refractivity contribution in [3.63, 3.8) is 0 Å². The maximum absolute atomic E-state index is 13.9. The van der Waals surface area contributed by atoms with Crippen LogP contribution in [0.1, 0.15) is 35.7 Å². The normalized spacial score (nSPS) is 18.7. The molecule has 3 nitrogen and oxygen atoms in total. The number of allylic oxidation sites excluding steroid dienone is 1. The number of benzene rings is 2. The minimum absolute atomic E-state index is 0.183. The maximum Gasteiger partial charge on any atom is 0.163 e. The molecule has 2 aliphatic rings. The van der Waals surface area contributed by atoms with Crippen LogP contribution in [0, 0.1) is 5.82 Å². The van der Waals surface area contributed by atoms with Crippen LogP contribution in [0.15, 0.2) is 77.3 Å².